The van der Waals surface area contributed by atoms with Gasteiger partial charge in [0.25, 0.3) is 0 Å². The van der Waals surface area contributed by atoms with Crippen molar-refractivity contribution in [1.29, 1.82) is 0 Å². The highest BCUT2D eigenvalue weighted by Gasteiger charge is 2.42. The summed E-state index contributed by atoms with van der Waals surface area (Å²) in [5, 5.41) is 6.12. The maximum Gasteiger partial charge on any atom is 0.220 e. The Labute approximate surface area is 179 Å². The molecule has 1 aliphatic carbocycles. The van der Waals surface area contributed by atoms with Crippen LogP contribution in [0.3, 0.4) is 0 Å². The molecule has 2 aliphatic heterocycles. The summed E-state index contributed by atoms with van der Waals surface area (Å²) in [4.78, 5) is 18.1. The van der Waals surface area contributed by atoms with E-state index in [1.54, 1.807) is 7.05 Å². The molecule has 27 heavy (non-hydrogen) atoms. The number of sulfonamides is 1. The van der Waals surface area contributed by atoms with Crippen molar-refractivity contribution in [3.8, 4) is 0 Å². The minimum Gasteiger partial charge on any atom is -0.355 e. The fourth-order valence-electron chi connectivity index (χ4n) is 4.07. The third kappa shape index (κ3) is 6.18. The van der Waals surface area contributed by atoms with E-state index in [1.807, 2.05) is 0 Å². The first-order valence-corrected chi connectivity index (χ1v) is 11.3. The van der Waals surface area contributed by atoms with E-state index in [-0.39, 0.29) is 41.1 Å². The molecule has 1 saturated carbocycles. The summed E-state index contributed by atoms with van der Waals surface area (Å²) in [6.07, 6.45) is 6.08. The lowest BCUT2D eigenvalue weighted by Gasteiger charge is -2.40. The number of aliphatic imine (C=N–C) groups is 1. The third-order valence-corrected chi connectivity index (χ3v) is 7.19. The number of hydrogen-bond acceptors (Lipinski definition) is 4. The zero-order valence-electron chi connectivity index (χ0n) is 16.0. The van der Waals surface area contributed by atoms with Crippen LogP contribution in [0.25, 0.3) is 0 Å². The number of hydrogen-bond donors (Lipinski definition) is 3. The molecule has 0 aromatic heterocycles. The first kappa shape index (κ1) is 22.7. The summed E-state index contributed by atoms with van der Waals surface area (Å²) in [6, 6.07) is 0. The van der Waals surface area contributed by atoms with Gasteiger partial charge in [-0.15, -0.1) is 24.0 Å². The molecule has 8 nitrogen and oxygen atoms in total. The topological polar surface area (TPSA) is 103 Å². The Morgan fingerprint density at radius 3 is 2.74 bits per heavy atom. The molecule has 2 saturated heterocycles. The van der Waals surface area contributed by atoms with Gasteiger partial charge < -0.3 is 15.5 Å². The highest BCUT2D eigenvalue weighted by Crippen LogP contribution is 2.35. The highest BCUT2D eigenvalue weighted by atomic mass is 127. The van der Waals surface area contributed by atoms with Gasteiger partial charge >= 0.3 is 0 Å². The number of nitrogens with one attached hydrogen (secondary N) is 3. The van der Waals surface area contributed by atoms with E-state index in [0.717, 1.165) is 51.3 Å². The average molecular weight is 513 g/mol. The van der Waals surface area contributed by atoms with E-state index < -0.39 is 10.0 Å². The summed E-state index contributed by atoms with van der Waals surface area (Å²) in [5.74, 6) is 1.39. The average Bonchev–Trinajstić information content (AvgIpc) is 2.90. The van der Waals surface area contributed by atoms with Gasteiger partial charge in [-0.05, 0) is 31.6 Å². The van der Waals surface area contributed by atoms with Gasteiger partial charge in [-0.2, -0.15) is 0 Å². The first-order valence-electron chi connectivity index (χ1n) is 9.61. The molecule has 1 unspecified atom stereocenters. The van der Waals surface area contributed by atoms with Crippen LogP contribution in [-0.2, 0) is 14.8 Å². The van der Waals surface area contributed by atoms with Crippen molar-refractivity contribution in [3.63, 3.8) is 0 Å². The van der Waals surface area contributed by atoms with Crippen LogP contribution in [-0.4, -0.2) is 70.7 Å². The molecule has 156 valence electrons. The number of carbonyl (C=O) groups excluding carboxylic acids is 1. The van der Waals surface area contributed by atoms with Gasteiger partial charge in [0.05, 0.1) is 5.75 Å². The molecule has 1 atom stereocenters. The van der Waals surface area contributed by atoms with E-state index in [0.29, 0.717) is 25.4 Å². The minimum atomic E-state index is -3.26. The smallest absolute Gasteiger partial charge is 0.220 e. The van der Waals surface area contributed by atoms with Crippen molar-refractivity contribution < 1.29 is 13.2 Å². The summed E-state index contributed by atoms with van der Waals surface area (Å²) in [5.41, 5.74) is -0.0106. The second-order valence-electron chi connectivity index (χ2n) is 7.92. The normalized spacial score (nSPS) is 26.5. The number of nitrogens with zero attached hydrogens (tertiary/aromatic N) is 2. The molecule has 0 aromatic carbocycles. The lowest BCUT2D eigenvalue weighted by Crippen LogP contribution is -2.52. The second kappa shape index (κ2) is 9.73. The summed E-state index contributed by atoms with van der Waals surface area (Å²) >= 11 is 0. The number of carbonyl (C=O) groups is 1. The maximum absolute atomic E-state index is 12.1. The van der Waals surface area contributed by atoms with Crippen molar-refractivity contribution in [2.75, 3.05) is 45.5 Å². The molecular formula is C17H32IN5O3S. The predicted molar refractivity (Wildman–Crippen MR) is 117 cm³/mol. The molecule has 3 rings (SSSR count). The molecule has 3 aliphatic rings. The van der Waals surface area contributed by atoms with Crippen molar-refractivity contribution in [2.24, 2.45) is 16.3 Å². The molecule has 1 spiro atoms. The van der Waals surface area contributed by atoms with Gasteiger partial charge in [0.1, 0.15) is 0 Å². The summed E-state index contributed by atoms with van der Waals surface area (Å²) in [7, 11) is -1.54. The fraction of sp³-hybridized carbons (Fsp3) is 0.882. The van der Waals surface area contributed by atoms with Gasteiger partial charge in [0, 0.05) is 51.6 Å². The summed E-state index contributed by atoms with van der Waals surface area (Å²) < 4.78 is 26.9. The summed E-state index contributed by atoms with van der Waals surface area (Å²) in [6.45, 7) is 3.26. The van der Waals surface area contributed by atoms with Crippen LogP contribution in [0.15, 0.2) is 4.99 Å². The number of likely N-dealkylation sites (tertiary alicyclic amines) is 1. The number of halogens is 1. The standard InChI is InChI=1S/C17H31N5O3S.HI/c1-18-16(19-7-9-26(24,25)21-11-14-4-2-5-14)22-8-3-6-17(13-22)10-15(23)20-12-17;/h14,21H,2-13H2,1H3,(H,18,19)(H,20,23);1H. The van der Waals surface area contributed by atoms with E-state index in [1.165, 1.54) is 6.42 Å². The van der Waals surface area contributed by atoms with Crippen LogP contribution < -0.4 is 15.4 Å². The Hall–Kier alpha value is -0.620. The van der Waals surface area contributed by atoms with E-state index >= 15 is 0 Å². The Kier molecular flexibility index (Phi) is 8.17. The molecule has 3 N–H and O–H groups in total. The minimum absolute atomic E-state index is 0. The van der Waals surface area contributed by atoms with Crippen molar-refractivity contribution in [2.45, 2.75) is 38.5 Å². The molecule has 10 heteroatoms. The number of piperidine rings is 1. The highest BCUT2D eigenvalue weighted by molar-refractivity contribution is 14.0. The zero-order chi connectivity index (χ0) is 18.6. The van der Waals surface area contributed by atoms with E-state index in [9.17, 15) is 13.2 Å². The quantitative estimate of drug-likeness (QED) is 0.273. The Balaban J connectivity index is 0.00000261. The lowest BCUT2D eigenvalue weighted by molar-refractivity contribution is -0.119. The molecule has 0 aromatic rings. The van der Waals surface area contributed by atoms with E-state index in [4.69, 9.17) is 0 Å². The van der Waals surface area contributed by atoms with Gasteiger partial charge in [-0.1, -0.05) is 6.42 Å². The van der Waals surface area contributed by atoms with E-state index in [2.05, 4.69) is 25.2 Å². The predicted octanol–water partition coefficient (Wildman–Crippen LogP) is 0.501. The van der Waals surface area contributed by atoms with Gasteiger partial charge in [-0.3, -0.25) is 9.79 Å². The Morgan fingerprint density at radius 2 is 2.15 bits per heavy atom. The lowest BCUT2D eigenvalue weighted by atomic mass is 9.79. The second-order valence-corrected chi connectivity index (χ2v) is 9.84. The molecule has 3 fully saturated rings. The Bertz CT molecular complexity index is 653. The molecule has 1 amide bonds. The molecule has 2 heterocycles. The van der Waals surface area contributed by atoms with Crippen molar-refractivity contribution >= 4 is 45.9 Å². The zero-order valence-corrected chi connectivity index (χ0v) is 19.1. The van der Waals surface area contributed by atoms with Crippen LogP contribution in [0.5, 0.6) is 0 Å². The number of rotatable bonds is 6. The van der Waals surface area contributed by atoms with Crippen LogP contribution in [0, 0.1) is 11.3 Å². The first-order chi connectivity index (χ1) is 12.4. The van der Waals surface area contributed by atoms with Crippen LogP contribution in [0.2, 0.25) is 0 Å². The third-order valence-electron chi connectivity index (χ3n) is 5.84. The van der Waals surface area contributed by atoms with Gasteiger partial charge in [-0.25, -0.2) is 13.1 Å². The Morgan fingerprint density at radius 1 is 1.37 bits per heavy atom. The largest absolute Gasteiger partial charge is 0.355 e. The fourth-order valence-corrected chi connectivity index (χ4v) is 5.08. The van der Waals surface area contributed by atoms with Gasteiger partial charge in [0.2, 0.25) is 15.9 Å². The molecule has 0 bridgehead atoms. The van der Waals surface area contributed by atoms with Crippen LogP contribution in [0.1, 0.15) is 38.5 Å². The SMILES string of the molecule is CN=C(NCCS(=O)(=O)NCC1CCC1)N1CCCC2(CNC(=O)C2)C1.I. The molecular weight excluding hydrogens is 481 g/mol. The maximum atomic E-state index is 12.1. The van der Waals surface area contributed by atoms with Crippen molar-refractivity contribution in [3.05, 3.63) is 0 Å². The van der Waals surface area contributed by atoms with Crippen LogP contribution >= 0.6 is 24.0 Å². The molecule has 0 radical (unpaired) electrons. The number of guanidine groups is 1. The van der Waals surface area contributed by atoms with Crippen molar-refractivity contribution in [1.82, 2.24) is 20.3 Å². The monoisotopic (exact) mass is 513 g/mol. The van der Waals surface area contributed by atoms with Crippen LogP contribution in [0.4, 0.5) is 0 Å². The van der Waals surface area contributed by atoms with Gasteiger partial charge in [0.15, 0.2) is 5.96 Å². The number of amides is 1.